The van der Waals surface area contributed by atoms with Gasteiger partial charge in [0.05, 0.1) is 6.54 Å². The standard InChI is InChI=1S/C27H30N2O6/c1-17(2)11-12-23(24(30)29-14-13-27(34,16-29)25(31)32)28-26(33)35-15-22-20-9-5-3-7-18(20)19-8-4-6-10-21(19)22/h3-11,22-23,34H,12-16H2,1-2H3,(H,28,33)(H,31,32). The van der Waals surface area contributed by atoms with Crippen molar-refractivity contribution < 1.29 is 29.3 Å². The predicted molar refractivity (Wildman–Crippen MR) is 130 cm³/mol. The predicted octanol–water partition coefficient (Wildman–Crippen LogP) is 3.30. The fraction of sp³-hybridized carbons (Fsp3) is 0.370. The van der Waals surface area contributed by atoms with Crippen LogP contribution in [0.3, 0.4) is 0 Å². The number of nitrogens with one attached hydrogen (secondary N) is 1. The Morgan fingerprint density at radius 3 is 2.26 bits per heavy atom. The van der Waals surface area contributed by atoms with Gasteiger partial charge in [-0.2, -0.15) is 0 Å². The van der Waals surface area contributed by atoms with Gasteiger partial charge in [-0.15, -0.1) is 0 Å². The Hall–Kier alpha value is -3.65. The van der Waals surface area contributed by atoms with Crippen LogP contribution in [0.1, 0.15) is 43.7 Å². The monoisotopic (exact) mass is 478 g/mol. The summed E-state index contributed by atoms with van der Waals surface area (Å²) in [6.07, 6.45) is 1.27. The van der Waals surface area contributed by atoms with Crippen LogP contribution < -0.4 is 5.32 Å². The molecule has 8 nitrogen and oxygen atoms in total. The molecular formula is C27H30N2O6. The molecule has 0 radical (unpaired) electrons. The van der Waals surface area contributed by atoms with E-state index < -0.39 is 29.6 Å². The number of alkyl carbamates (subject to hydrolysis) is 1. The van der Waals surface area contributed by atoms with E-state index in [1.807, 2.05) is 56.3 Å². The lowest BCUT2D eigenvalue weighted by molar-refractivity contribution is -0.157. The molecule has 0 spiro atoms. The van der Waals surface area contributed by atoms with Gasteiger partial charge in [0.15, 0.2) is 5.60 Å². The van der Waals surface area contributed by atoms with Crippen LogP contribution in [0.2, 0.25) is 0 Å². The molecule has 8 heteroatoms. The number of carboxylic acid groups (broad SMARTS) is 1. The zero-order chi connectivity index (χ0) is 25.2. The van der Waals surface area contributed by atoms with Gasteiger partial charge in [0, 0.05) is 18.9 Å². The van der Waals surface area contributed by atoms with Crippen LogP contribution >= 0.6 is 0 Å². The summed E-state index contributed by atoms with van der Waals surface area (Å²) in [6.45, 7) is 3.66. The van der Waals surface area contributed by atoms with Crippen molar-refractivity contribution in [2.24, 2.45) is 0 Å². The van der Waals surface area contributed by atoms with Crippen LogP contribution in [0.5, 0.6) is 0 Å². The number of likely N-dealkylation sites (tertiary alicyclic amines) is 1. The molecule has 0 aromatic heterocycles. The highest BCUT2D eigenvalue weighted by atomic mass is 16.5. The van der Waals surface area contributed by atoms with E-state index in [1.165, 1.54) is 4.90 Å². The van der Waals surface area contributed by atoms with E-state index in [4.69, 9.17) is 4.74 Å². The van der Waals surface area contributed by atoms with Gasteiger partial charge in [0.1, 0.15) is 12.6 Å². The highest BCUT2D eigenvalue weighted by Gasteiger charge is 2.45. The zero-order valence-electron chi connectivity index (χ0n) is 19.9. The minimum atomic E-state index is -1.97. The van der Waals surface area contributed by atoms with Crippen molar-refractivity contribution >= 4 is 18.0 Å². The van der Waals surface area contributed by atoms with Crippen molar-refractivity contribution in [1.29, 1.82) is 0 Å². The van der Waals surface area contributed by atoms with E-state index in [0.717, 1.165) is 27.8 Å². The summed E-state index contributed by atoms with van der Waals surface area (Å²) in [6, 6.07) is 15.1. The van der Waals surface area contributed by atoms with Crippen LogP contribution in [0, 0.1) is 0 Å². The van der Waals surface area contributed by atoms with Gasteiger partial charge in [-0.3, -0.25) is 4.79 Å². The SMILES string of the molecule is CC(C)=CCC(NC(=O)OCC1c2ccccc2-c2ccccc21)C(=O)N1CCC(O)(C(=O)O)C1. The van der Waals surface area contributed by atoms with Gasteiger partial charge in [-0.1, -0.05) is 60.2 Å². The van der Waals surface area contributed by atoms with Crippen LogP contribution in [-0.2, 0) is 14.3 Å². The molecule has 2 unspecified atom stereocenters. The number of carbonyl (C=O) groups is 3. The zero-order valence-corrected chi connectivity index (χ0v) is 19.9. The van der Waals surface area contributed by atoms with Crippen LogP contribution in [-0.4, -0.2) is 64.4 Å². The number of carboxylic acids is 1. The Morgan fingerprint density at radius 1 is 1.11 bits per heavy atom. The third-order valence-electron chi connectivity index (χ3n) is 6.65. The Bertz CT molecular complexity index is 1130. The molecule has 2 atom stereocenters. The average molecular weight is 479 g/mol. The normalized spacial score (nSPS) is 19.5. The number of aliphatic carboxylic acids is 1. The first-order chi connectivity index (χ1) is 16.7. The second-order valence-electron chi connectivity index (χ2n) is 9.39. The summed E-state index contributed by atoms with van der Waals surface area (Å²) < 4.78 is 5.58. The second-order valence-corrected chi connectivity index (χ2v) is 9.39. The smallest absolute Gasteiger partial charge is 0.407 e. The summed E-state index contributed by atoms with van der Waals surface area (Å²) in [4.78, 5) is 38.5. The van der Waals surface area contributed by atoms with Gasteiger partial charge in [-0.25, -0.2) is 9.59 Å². The molecule has 0 bridgehead atoms. The molecule has 35 heavy (non-hydrogen) atoms. The topological polar surface area (TPSA) is 116 Å². The third-order valence-corrected chi connectivity index (χ3v) is 6.65. The minimum absolute atomic E-state index is 0.0611. The summed E-state index contributed by atoms with van der Waals surface area (Å²) in [7, 11) is 0. The van der Waals surface area contributed by atoms with Crippen molar-refractivity contribution in [3.8, 4) is 11.1 Å². The lowest BCUT2D eigenvalue weighted by Gasteiger charge is -2.25. The van der Waals surface area contributed by atoms with Gasteiger partial charge in [-0.05, 0) is 42.5 Å². The van der Waals surface area contributed by atoms with E-state index in [2.05, 4.69) is 17.4 Å². The Balaban J connectivity index is 1.44. The Kier molecular flexibility index (Phi) is 6.93. The summed E-state index contributed by atoms with van der Waals surface area (Å²) in [5.74, 6) is -1.92. The van der Waals surface area contributed by atoms with E-state index in [9.17, 15) is 24.6 Å². The number of β-amino-alcohol motifs (C(OH)–C–C–N with tert-alkyl or cyclic N) is 1. The van der Waals surface area contributed by atoms with E-state index in [-0.39, 0.29) is 38.5 Å². The first-order valence-electron chi connectivity index (χ1n) is 11.7. The third kappa shape index (κ3) is 5.07. The minimum Gasteiger partial charge on any atom is -0.479 e. The van der Waals surface area contributed by atoms with Crippen molar-refractivity contribution in [3.63, 3.8) is 0 Å². The second kappa shape index (κ2) is 9.92. The number of allylic oxidation sites excluding steroid dienone is 1. The number of hydrogen-bond donors (Lipinski definition) is 3. The number of amides is 2. The Morgan fingerprint density at radius 2 is 1.71 bits per heavy atom. The number of nitrogens with zero attached hydrogens (tertiary/aromatic N) is 1. The van der Waals surface area contributed by atoms with Crippen LogP contribution in [0.15, 0.2) is 60.2 Å². The number of fused-ring (bicyclic) bond motifs is 3. The van der Waals surface area contributed by atoms with E-state index in [0.29, 0.717) is 0 Å². The molecule has 2 aromatic carbocycles. The molecule has 1 aliphatic carbocycles. The van der Waals surface area contributed by atoms with Gasteiger partial charge >= 0.3 is 12.1 Å². The molecular weight excluding hydrogens is 448 g/mol. The molecule has 1 saturated heterocycles. The first kappa shape index (κ1) is 24.5. The maximum atomic E-state index is 13.1. The number of benzene rings is 2. The molecule has 2 amide bonds. The summed E-state index contributed by atoms with van der Waals surface area (Å²) >= 11 is 0. The molecule has 1 aliphatic heterocycles. The van der Waals surface area contributed by atoms with Crippen molar-refractivity contribution in [3.05, 3.63) is 71.3 Å². The van der Waals surface area contributed by atoms with Gasteiger partial charge in [0.2, 0.25) is 5.91 Å². The number of hydrogen-bond acceptors (Lipinski definition) is 5. The molecule has 2 aromatic rings. The quantitative estimate of drug-likeness (QED) is 0.526. The molecule has 3 N–H and O–H groups in total. The van der Waals surface area contributed by atoms with Gasteiger partial charge < -0.3 is 25.2 Å². The molecule has 4 rings (SSSR count). The number of rotatable bonds is 7. The molecule has 184 valence electrons. The van der Waals surface area contributed by atoms with Crippen molar-refractivity contribution in [2.45, 2.75) is 44.2 Å². The molecule has 1 fully saturated rings. The largest absolute Gasteiger partial charge is 0.479 e. The fourth-order valence-electron chi connectivity index (χ4n) is 4.73. The maximum absolute atomic E-state index is 13.1. The van der Waals surface area contributed by atoms with E-state index >= 15 is 0 Å². The summed E-state index contributed by atoms with van der Waals surface area (Å²) in [5.41, 5.74) is 3.41. The highest BCUT2D eigenvalue weighted by Crippen LogP contribution is 2.44. The van der Waals surface area contributed by atoms with Crippen molar-refractivity contribution in [2.75, 3.05) is 19.7 Å². The summed E-state index contributed by atoms with van der Waals surface area (Å²) in [5, 5.41) is 22.1. The average Bonchev–Trinajstić information content (AvgIpc) is 3.39. The number of aliphatic hydroxyl groups is 1. The number of carbonyl (C=O) groups excluding carboxylic acids is 2. The molecule has 0 saturated carbocycles. The van der Waals surface area contributed by atoms with Crippen LogP contribution in [0.25, 0.3) is 11.1 Å². The first-order valence-corrected chi connectivity index (χ1v) is 11.7. The van der Waals surface area contributed by atoms with Crippen LogP contribution in [0.4, 0.5) is 4.79 Å². The highest BCUT2D eigenvalue weighted by molar-refractivity contribution is 5.88. The number of ether oxygens (including phenoxy) is 1. The van der Waals surface area contributed by atoms with E-state index in [1.54, 1.807) is 0 Å². The van der Waals surface area contributed by atoms with Gasteiger partial charge in [0.25, 0.3) is 0 Å². The maximum Gasteiger partial charge on any atom is 0.407 e. The fourth-order valence-corrected chi connectivity index (χ4v) is 4.73. The lowest BCUT2D eigenvalue weighted by atomic mass is 9.98. The molecule has 2 aliphatic rings. The van der Waals surface area contributed by atoms with Crippen molar-refractivity contribution in [1.82, 2.24) is 10.2 Å². The lowest BCUT2D eigenvalue weighted by Crippen LogP contribution is -2.50. The Labute approximate surface area is 204 Å². The molecule has 1 heterocycles.